The molecule has 0 fully saturated rings. The second-order valence-electron chi connectivity index (χ2n) is 8.64. The lowest BCUT2D eigenvalue weighted by Gasteiger charge is -2.26. The third-order valence-corrected chi connectivity index (χ3v) is 6.49. The van der Waals surface area contributed by atoms with Crippen molar-refractivity contribution >= 4 is 22.6 Å². The standard InChI is InChI=1S/C28H25NO5/c1-15-7-6-8-19(11-15)29-25(18-9-10-21(32-4)23(14-18)33-5)24-26(30)20-12-16(2)17(3)13-22(20)34-27(24)28(29)31/h6-14,25H,1-5H3. The van der Waals surface area contributed by atoms with Crippen molar-refractivity contribution in [3.05, 3.63) is 98.4 Å². The van der Waals surface area contributed by atoms with Gasteiger partial charge in [-0.15, -0.1) is 0 Å². The summed E-state index contributed by atoms with van der Waals surface area (Å²) in [6.45, 7) is 5.87. The molecule has 172 valence electrons. The van der Waals surface area contributed by atoms with Gasteiger partial charge in [-0.05, 0) is 79.4 Å². The molecule has 0 saturated carbocycles. The van der Waals surface area contributed by atoms with E-state index in [1.165, 1.54) is 0 Å². The van der Waals surface area contributed by atoms with E-state index in [1.54, 1.807) is 31.3 Å². The van der Waals surface area contributed by atoms with Gasteiger partial charge in [0.25, 0.3) is 5.91 Å². The van der Waals surface area contributed by atoms with Gasteiger partial charge in [-0.3, -0.25) is 14.5 Å². The molecule has 5 rings (SSSR count). The molecule has 1 unspecified atom stereocenters. The summed E-state index contributed by atoms with van der Waals surface area (Å²) < 4.78 is 17.0. The number of ether oxygens (including phenoxy) is 2. The SMILES string of the molecule is COc1ccc(C2c3c(oc4cc(C)c(C)cc4c3=O)C(=O)N2c2cccc(C)c2)cc1OC. The zero-order valence-corrected chi connectivity index (χ0v) is 19.8. The molecule has 2 heterocycles. The first-order chi connectivity index (χ1) is 16.3. The lowest BCUT2D eigenvalue weighted by Crippen LogP contribution is -2.29. The maximum atomic E-state index is 13.8. The molecule has 1 atom stereocenters. The molecule has 0 aliphatic carbocycles. The topological polar surface area (TPSA) is 69.0 Å². The van der Waals surface area contributed by atoms with E-state index in [2.05, 4.69) is 0 Å². The van der Waals surface area contributed by atoms with E-state index in [1.807, 2.05) is 63.2 Å². The molecule has 0 saturated heterocycles. The molecule has 6 nitrogen and oxygen atoms in total. The van der Waals surface area contributed by atoms with Crippen molar-refractivity contribution in [3.63, 3.8) is 0 Å². The predicted molar refractivity (Wildman–Crippen MR) is 131 cm³/mol. The first-order valence-electron chi connectivity index (χ1n) is 11.0. The fourth-order valence-electron chi connectivity index (χ4n) is 4.61. The minimum absolute atomic E-state index is 0.0713. The number of rotatable bonds is 4. The summed E-state index contributed by atoms with van der Waals surface area (Å²) in [5.41, 5.74) is 4.93. The van der Waals surface area contributed by atoms with Crippen molar-refractivity contribution in [2.45, 2.75) is 26.8 Å². The highest BCUT2D eigenvalue weighted by Crippen LogP contribution is 2.43. The summed E-state index contributed by atoms with van der Waals surface area (Å²) in [5.74, 6) is 0.802. The number of benzene rings is 3. The monoisotopic (exact) mass is 455 g/mol. The summed E-state index contributed by atoms with van der Waals surface area (Å²) in [6.07, 6.45) is 0. The van der Waals surface area contributed by atoms with Crippen LogP contribution < -0.4 is 19.8 Å². The van der Waals surface area contributed by atoms with Gasteiger partial charge in [0.15, 0.2) is 16.9 Å². The van der Waals surface area contributed by atoms with E-state index >= 15 is 0 Å². The zero-order valence-electron chi connectivity index (χ0n) is 19.8. The molecule has 1 aliphatic heterocycles. The number of amides is 1. The van der Waals surface area contributed by atoms with Crippen LogP contribution in [0.3, 0.4) is 0 Å². The summed E-state index contributed by atoms with van der Waals surface area (Å²) in [5, 5.41) is 0.464. The number of hydrogen-bond donors (Lipinski definition) is 0. The molecule has 34 heavy (non-hydrogen) atoms. The molecule has 0 bridgehead atoms. The molecular formula is C28H25NO5. The molecule has 6 heteroatoms. The first-order valence-corrected chi connectivity index (χ1v) is 11.0. The second kappa shape index (κ2) is 8.06. The first kappa shape index (κ1) is 21.8. The number of fused-ring (bicyclic) bond motifs is 2. The van der Waals surface area contributed by atoms with Crippen molar-refractivity contribution in [3.8, 4) is 11.5 Å². The fourth-order valence-corrected chi connectivity index (χ4v) is 4.61. The lowest BCUT2D eigenvalue weighted by molar-refractivity contribution is 0.0971. The van der Waals surface area contributed by atoms with Crippen LogP contribution in [0.1, 0.15) is 44.4 Å². The van der Waals surface area contributed by atoms with E-state index < -0.39 is 6.04 Å². The predicted octanol–water partition coefficient (Wildman–Crippen LogP) is 5.49. The van der Waals surface area contributed by atoms with Crippen LogP contribution in [0.5, 0.6) is 11.5 Å². The summed E-state index contributed by atoms with van der Waals surface area (Å²) in [7, 11) is 3.12. The van der Waals surface area contributed by atoms with Gasteiger partial charge in [0.1, 0.15) is 5.58 Å². The molecule has 0 spiro atoms. The normalized spacial score (nSPS) is 15.0. The second-order valence-corrected chi connectivity index (χ2v) is 8.64. The average Bonchev–Trinajstić information content (AvgIpc) is 3.12. The van der Waals surface area contributed by atoms with E-state index in [0.717, 1.165) is 22.3 Å². The summed E-state index contributed by atoms with van der Waals surface area (Å²) >= 11 is 0. The Morgan fingerprint density at radius 2 is 1.59 bits per heavy atom. The summed E-state index contributed by atoms with van der Waals surface area (Å²) in [6, 6.07) is 16.1. The van der Waals surface area contributed by atoms with Crippen LogP contribution in [-0.4, -0.2) is 20.1 Å². The highest BCUT2D eigenvalue weighted by Gasteiger charge is 2.44. The Balaban J connectivity index is 1.83. The Kier molecular flexibility index (Phi) is 5.16. The smallest absolute Gasteiger partial charge is 0.295 e. The molecular weight excluding hydrogens is 430 g/mol. The Hall–Kier alpha value is -4.06. The quantitative estimate of drug-likeness (QED) is 0.407. The van der Waals surface area contributed by atoms with Gasteiger partial charge >= 0.3 is 0 Å². The molecule has 1 aliphatic rings. The van der Waals surface area contributed by atoms with Crippen molar-refractivity contribution < 1.29 is 18.7 Å². The fraction of sp³-hybridized carbons (Fsp3) is 0.214. The van der Waals surface area contributed by atoms with Crippen LogP contribution in [0.4, 0.5) is 5.69 Å². The highest BCUT2D eigenvalue weighted by atomic mass is 16.5. The maximum Gasteiger partial charge on any atom is 0.295 e. The number of nitrogens with zero attached hydrogens (tertiary/aromatic N) is 1. The third-order valence-electron chi connectivity index (χ3n) is 6.49. The minimum Gasteiger partial charge on any atom is -0.493 e. The Morgan fingerprint density at radius 1 is 0.853 bits per heavy atom. The number of carbonyl (C=O) groups is 1. The molecule has 0 radical (unpaired) electrons. The van der Waals surface area contributed by atoms with E-state index in [0.29, 0.717) is 33.7 Å². The molecule has 3 aromatic carbocycles. The molecule has 1 amide bonds. The Morgan fingerprint density at radius 3 is 2.29 bits per heavy atom. The van der Waals surface area contributed by atoms with Crippen LogP contribution in [0.25, 0.3) is 11.0 Å². The molecule has 1 aromatic heterocycles. The van der Waals surface area contributed by atoms with Crippen molar-refractivity contribution in [1.29, 1.82) is 0 Å². The maximum absolute atomic E-state index is 13.8. The lowest BCUT2D eigenvalue weighted by atomic mass is 9.96. The van der Waals surface area contributed by atoms with Gasteiger partial charge in [-0.1, -0.05) is 18.2 Å². The average molecular weight is 456 g/mol. The van der Waals surface area contributed by atoms with Crippen molar-refractivity contribution in [2.75, 3.05) is 19.1 Å². The van der Waals surface area contributed by atoms with Gasteiger partial charge in [0.2, 0.25) is 5.76 Å². The number of anilines is 1. The van der Waals surface area contributed by atoms with Crippen LogP contribution in [0.2, 0.25) is 0 Å². The largest absolute Gasteiger partial charge is 0.493 e. The van der Waals surface area contributed by atoms with E-state index in [4.69, 9.17) is 13.9 Å². The van der Waals surface area contributed by atoms with Gasteiger partial charge in [0.05, 0.1) is 31.2 Å². The Bertz CT molecular complexity index is 1520. The van der Waals surface area contributed by atoms with Crippen LogP contribution >= 0.6 is 0 Å². The minimum atomic E-state index is -0.675. The van der Waals surface area contributed by atoms with Crippen molar-refractivity contribution in [1.82, 2.24) is 0 Å². The van der Waals surface area contributed by atoms with Crippen LogP contribution in [-0.2, 0) is 0 Å². The molecule has 4 aromatic rings. The van der Waals surface area contributed by atoms with Crippen LogP contribution in [0, 0.1) is 20.8 Å². The number of carbonyl (C=O) groups excluding carboxylic acids is 1. The zero-order chi connectivity index (χ0) is 24.1. The number of hydrogen-bond acceptors (Lipinski definition) is 5. The van der Waals surface area contributed by atoms with Gasteiger partial charge in [0, 0.05) is 5.69 Å². The van der Waals surface area contributed by atoms with Gasteiger partial charge in [-0.25, -0.2) is 0 Å². The third kappa shape index (κ3) is 3.25. The highest BCUT2D eigenvalue weighted by molar-refractivity contribution is 6.10. The number of aryl methyl sites for hydroxylation is 3. The van der Waals surface area contributed by atoms with Crippen molar-refractivity contribution in [2.24, 2.45) is 0 Å². The van der Waals surface area contributed by atoms with Gasteiger partial charge < -0.3 is 13.9 Å². The van der Waals surface area contributed by atoms with Gasteiger partial charge in [-0.2, -0.15) is 0 Å². The Labute approximate surface area is 197 Å². The van der Waals surface area contributed by atoms with Crippen LogP contribution in [0.15, 0.2) is 63.8 Å². The summed E-state index contributed by atoms with van der Waals surface area (Å²) in [4.78, 5) is 29.2. The number of methoxy groups -OCH3 is 2. The molecule has 0 N–H and O–H groups in total. The van der Waals surface area contributed by atoms with E-state index in [-0.39, 0.29) is 17.1 Å². The van der Waals surface area contributed by atoms with E-state index in [9.17, 15) is 9.59 Å².